The SMILES string of the molecule is NCC1(C2Cc3ccccc3C2)CC(O)C1. The molecule has 16 heavy (non-hydrogen) atoms. The third-order valence-corrected chi connectivity index (χ3v) is 4.61. The van der Waals surface area contributed by atoms with Crippen LogP contribution in [0.4, 0.5) is 0 Å². The van der Waals surface area contributed by atoms with Gasteiger partial charge in [-0.3, -0.25) is 0 Å². The molecule has 1 aromatic rings. The molecule has 2 aliphatic rings. The van der Waals surface area contributed by atoms with E-state index in [1.165, 1.54) is 11.1 Å². The van der Waals surface area contributed by atoms with Crippen molar-refractivity contribution in [2.75, 3.05) is 6.54 Å². The largest absolute Gasteiger partial charge is 0.393 e. The van der Waals surface area contributed by atoms with E-state index in [9.17, 15) is 5.11 Å². The predicted octanol–water partition coefficient (Wildman–Crippen LogP) is 1.50. The summed E-state index contributed by atoms with van der Waals surface area (Å²) in [5.41, 5.74) is 9.13. The zero-order chi connectivity index (χ0) is 11.2. The Morgan fingerprint density at radius 3 is 2.19 bits per heavy atom. The third kappa shape index (κ3) is 1.40. The van der Waals surface area contributed by atoms with Crippen LogP contribution in [-0.2, 0) is 12.8 Å². The molecular weight excluding hydrogens is 198 g/mol. The van der Waals surface area contributed by atoms with Crippen LogP contribution in [0.2, 0.25) is 0 Å². The molecule has 1 saturated carbocycles. The number of fused-ring (bicyclic) bond motifs is 1. The van der Waals surface area contributed by atoms with Gasteiger partial charge in [-0.15, -0.1) is 0 Å². The van der Waals surface area contributed by atoms with Crippen molar-refractivity contribution in [3.8, 4) is 0 Å². The Bertz CT molecular complexity index is 370. The fraction of sp³-hybridized carbons (Fsp3) is 0.571. The summed E-state index contributed by atoms with van der Waals surface area (Å²) >= 11 is 0. The van der Waals surface area contributed by atoms with E-state index < -0.39 is 0 Å². The normalized spacial score (nSPS) is 33.5. The number of hydrogen-bond donors (Lipinski definition) is 2. The van der Waals surface area contributed by atoms with E-state index in [-0.39, 0.29) is 11.5 Å². The van der Waals surface area contributed by atoms with Crippen LogP contribution in [0.15, 0.2) is 24.3 Å². The van der Waals surface area contributed by atoms with Crippen molar-refractivity contribution in [2.45, 2.75) is 31.8 Å². The summed E-state index contributed by atoms with van der Waals surface area (Å²) in [5, 5.41) is 9.54. The smallest absolute Gasteiger partial charge is 0.0552 e. The Hall–Kier alpha value is -0.860. The van der Waals surface area contributed by atoms with Gasteiger partial charge in [-0.05, 0) is 54.7 Å². The highest BCUT2D eigenvalue weighted by atomic mass is 16.3. The maximum Gasteiger partial charge on any atom is 0.0552 e. The minimum Gasteiger partial charge on any atom is -0.393 e. The van der Waals surface area contributed by atoms with Gasteiger partial charge < -0.3 is 10.8 Å². The number of aliphatic hydroxyl groups excluding tert-OH is 1. The van der Waals surface area contributed by atoms with Gasteiger partial charge in [0.2, 0.25) is 0 Å². The lowest BCUT2D eigenvalue weighted by Gasteiger charge is -2.49. The number of nitrogens with two attached hydrogens (primary N) is 1. The van der Waals surface area contributed by atoms with E-state index >= 15 is 0 Å². The second-order valence-electron chi connectivity index (χ2n) is 5.50. The molecular formula is C14H19NO. The van der Waals surface area contributed by atoms with Gasteiger partial charge in [0.05, 0.1) is 6.10 Å². The first-order valence-electron chi connectivity index (χ1n) is 6.18. The van der Waals surface area contributed by atoms with E-state index in [0.717, 1.165) is 32.2 Å². The molecule has 1 aromatic carbocycles. The number of rotatable bonds is 2. The molecule has 3 rings (SSSR count). The van der Waals surface area contributed by atoms with Gasteiger partial charge >= 0.3 is 0 Å². The molecule has 0 spiro atoms. The molecule has 0 saturated heterocycles. The first-order chi connectivity index (χ1) is 7.73. The summed E-state index contributed by atoms with van der Waals surface area (Å²) in [6, 6.07) is 8.70. The fourth-order valence-corrected chi connectivity index (χ4v) is 3.54. The summed E-state index contributed by atoms with van der Waals surface area (Å²) in [5.74, 6) is 0.651. The van der Waals surface area contributed by atoms with E-state index in [1.807, 2.05) is 0 Å². The van der Waals surface area contributed by atoms with Gasteiger partial charge in [-0.2, -0.15) is 0 Å². The van der Waals surface area contributed by atoms with Crippen molar-refractivity contribution < 1.29 is 5.11 Å². The molecule has 0 unspecified atom stereocenters. The van der Waals surface area contributed by atoms with E-state index in [4.69, 9.17) is 5.73 Å². The Balaban J connectivity index is 1.80. The molecule has 0 amide bonds. The van der Waals surface area contributed by atoms with Crippen molar-refractivity contribution in [3.63, 3.8) is 0 Å². The van der Waals surface area contributed by atoms with Crippen LogP contribution in [0.3, 0.4) is 0 Å². The molecule has 2 nitrogen and oxygen atoms in total. The van der Waals surface area contributed by atoms with Gasteiger partial charge in [-0.25, -0.2) is 0 Å². The molecule has 0 atom stereocenters. The second-order valence-corrected chi connectivity index (χ2v) is 5.50. The molecule has 0 aliphatic heterocycles. The summed E-state index contributed by atoms with van der Waals surface area (Å²) in [6.45, 7) is 0.725. The van der Waals surface area contributed by atoms with Crippen LogP contribution in [-0.4, -0.2) is 17.8 Å². The number of aliphatic hydroxyl groups is 1. The first kappa shape index (κ1) is 10.3. The zero-order valence-corrected chi connectivity index (χ0v) is 9.52. The average Bonchev–Trinajstić information content (AvgIpc) is 2.68. The van der Waals surface area contributed by atoms with Crippen LogP contribution in [0.5, 0.6) is 0 Å². The lowest BCUT2D eigenvalue weighted by molar-refractivity contribution is -0.0617. The molecule has 2 heteroatoms. The van der Waals surface area contributed by atoms with Crippen LogP contribution < -0.4 is 5.73 Å². The van der Waals surface area contributed by atoms with Crippen molar-refractivity contribution in [1.82, 2.24) is 0 Å². The van der Waals surface area contributed by atoms with Gasteiger partial charge in [0.15, 0.2) is 0 Å². The van der Waals surface area contributed by atoms with Crippen LogP contribution in [0.25, 0.3) is 0 Å². The molecule has 1 fully saturated rings. The average molecular weight is 217 g/mol. The Morgan fingerprint density at radius 1 is 1.19 bits per heavy atom. The lowest BCUT2D eigenvalue weighted by atomic mass is 9.58. The topological polar surface area (TPSA) is 46.2 Å². The fourth-order valence-electron chi connectivity index (χ4n) is 3.54. The number of benzene rings is 1. The standard InChI is InChI=1S/C14H19NO/c15-9-14(7-13(16)8-14)12-5-10-3-1-2-4-11(10)6-12/h1-4,12-13,16H,5-9,15H2. The molecule has 0 aromatic heterocycles. The maximum absolute atomic E-state index is 9.54. The maximum atomic E-state index is 9.54. The van der Waals surface area contributed by atoms with Gasteiger partial charge in [0.25, 0.3) is 0 Å². The van der Waals surface area contributed by atoms with E-state index in [2.05, 4.69) is 24.3 Å². The van der Waals surface area contributed by atoms with Crippen LogP contribution >= 0.6 is 0 Å². The van der Waals surface area contributed by atoms with Gasteiger partial charge in [0, 0.05) is 0 Å². The van der Waals surface area contributed by atoms with Crippen molar-refractivity contribution >= 4 is 0 Å². The summed E-state index contributed by atoms with van der Waals surface area (Å²) in [4.78, 5) is 0. The second kappa shape index (κ2) is 3.57. The van der Waals surface area contributed by atoms with Gasteiger partial charge in [-0.1, -0.05) is 24.3 Å². The Kier molecular flexibility index (Phi) is 2.30. The Labute approximate surface area is 96.5 Å². The predicted molar refractivity (Wildman–Crippen MR) is 64.1 cm³/mol. The Morgan fingerprint density at radius 2 is 1.75 bits per heavy atom. The summed E-state index contributed by atoms with van der Waals surface area (Å²) < 4.78 is 0. The van der Waals surface area contributed by atoms with Crippen molar-refractivity contribution in [1.29, 1.82) is 0 Å². The van der Waals surface area contributed by atoms with Crippen LogP contribution in [0.1, 0.15) is 24.0 Å². The van der Waals surface area contributed by atoms with E-state index in [0.29, 0.717) is 5.92 Å². The van der Waals surface area contributed by atoms with Gasteiger partial charge in [0.1, 0.15) is 0 Å². The zero-order valence-electron chi connectivity index (χ0n) is 9.52. The minimum atomic E-state index is -0.104. The molecule has 0 heterocycles. The number of hydrogen-bond acceptors (Lipinski definition) is 2. The molecule has 3 N–H and O–H groups in total. The summed E-state index contributed by atoms with van der Waals surface area (Å²) in [6.07, 6.45) is 4.01. The summed E-state index contributed by atoms with van der Waals surface area (Å²) in [7, 11) is 0. The molecule has 0 bridgehead atoms. The highest BCUT2D eigenvalue weighted by molar-refractivity contribution is 5.33. The first-order valence-corrected chi connectivity index (χ1v) is 6.18. The quantitative estimate of drug-likeness (QED) is 0.788. The highest BCUT2D eigenvalue weighted by Crippen LogP contribution is 2.51. The van der Waals surface area contributed by atoms with E-state index in [1.54, 1.807) is 0 Å². The molecule has 2 aliphatic carbocycles. The third-order valence-electron chi connectivity index (χ3n) is 4.61. The van der Waals surface area contributed by atoms with Crippen LogP contribution in [0, 0.1) is 11.3 Å². The lowest BCUT2D eigenvalue weighted by Crippen LogP contribution is -2.51. The van der Waals surface area contributed by atoms with Crippen molar-refractivity contribution in [3.05, 3.63) is 35.4 Å². The molecule has 86 valence electrons. The molecule has 0 radical (unpaired) electrons. The monoisotopic (exact) mass is 217 g/mol. The minimum absolute atomic E-state index is 0.104. The van der Waals surface area contributed by atoms with Crippen molar-refractivity contribution in [2.24, 2.45) is 17.1 Å². The highest BCUT2D eigenvalue weighted by Gasteiger charge is 2.49.